The van der Waals surface area contributed by atoms with Crippen LogP contribution in [-0.2, 0) is 19.4 Å². The zero-order valence-corrected chi connectivity index (χ0v) is 22.0. The second kappa shape index (κ2) is 8.55. The van der Waals surface area contributed by atoms with Gasteiger partial charge in [0.1, 0.15) is 24.0 Å². The van der Waals surface area contributed by atoms with Gasteiger partial charge in [-0.1, -0.05) is 12.1 Å². The molecule has 7 heteroatoms. The average molecular weight is 507 g/mol. The van der Waals surface area contributed by atoms with Crippen molar-refractivity contribution in [3.05, 3.63) is 65.0 Å². The van der Waals surface area contributed by atoms with Crippen molar-refractivity contribution in [1.82, 2.24) is 30.6 Å². The highest BCUT2D eigenvalue weighted by atomic mass is 16.5. The van der Waals surface area contributed by atoms with Gasteiger partial charge in [-0.15, -0.1) is 0 Å². The minimum Gasteiger partial charge on any atom is -0.488 e. The van der Waals surface area contributed by atoms with Gasteiger partial charge in [0.05, 0.1) is 35.4 Å². The van der Waals surface area contributed by atoms with Crippen LogP contribution in [-0.4, -0.2) is 32.0 Å². The molecule has 1 aliphatic carbocycles. The quantitative estimate of drug-likeness (QED) is 0.284. The van der Waals surface area contributed by atoms with E-state index < -0.39 is 0 Å². The van der Waals surface area contributed by atoms with Gasteiger partial charge in [0, 0.05) is 23.2 Å². The first-order valence-corrected chi connectivity index (χ1v) is 14.2. The first kappa shape index (κ1) is 22.6. The van der Waals surface area contributed by atoms with Gasteiger partial charge in [-0.05, 0) is 92.8 Å². The first-order chi connectivity index (χ1) is 18.6. The number of fused-ring (bicyclic) bond motifs is 6. The molecular formula is C31H34N6O. The van der Waals surface area contributed by atoms with Gasteiger partial charge >= 0.3 is 0 Å². The minimum absolute atomic E-state index is 0.321. The minimum atomic E-state index is 0.321. The number of aryl methyl sites for hydroxylation is 2. The summed E-state index contributed by atoms with van der Waals surface area (Å²) < 4.78 is 6.36. The highest BCUT2D eigenvalue weighted by Crippen LogP contribution is 2.45. The molecule has 7 nitrogen and oxygen atoms in total. The summed E-state index contributed by atoms with van der Waals surface area (Å²) in [4.78, 5) is 17.0. The molecule has 194 valence electrons. The molecule has 2 saturated heterocycles. The van der Waals surface area contributed by atoms with Crippen molar-refractivity contribution in [2.45, 2.75) is 83.1 Å². The summed E-state index contributed by atoms with van der Waals surface area (Å²) in [5, 5.41) is 7.29. The smallest absolute Gasteiger partial charge is 0.128 e. The van der Waals surface area contributed by atoms with E-state index in [1.807, 2.05) is 6.20 Å². The Labute approximate surface area is 222 Å². The van der Waals surface area contributed by atoms with E-state index in [2.05, 4.69) is 64.8 Å². The summed E-state index contributed by atoms with van der Waals surface area (Å²) in [7, 11) is 0. The maximum absolute atomic E-state index is 6.36. The molecule has 4 atom stereocenters. The monoisotopic (exact) mass is 506 g/mol. The molecule has 0 spiro atoms. The lowest BCUT2D eigenvalue weighted by atomic mass is 9.86. The third kappa shape index (κ3) is 3.63. The number of ether oxygens (including phenoxy) is 1. The zero-order chi connectivity index (χ0) is 25.4. The molecule has 2 fully saturated rings. The maximum atomic E-state index is 6.36. The fourth-order valence-electron chi connectivity index (χ4n) is 6.89. The van der Waals surface area contributed by atoms with Crippen molar-refractivity contribution >= 4 is 0 Å². The Kier molecular flexibility index (Phi) is 5.07. The number of rotatable bonds is 3. The fraction of sp³-hybridized carbons (Fsp3) is 0.419. The topological polar surface area (TPSA) is 90.7 Å². The Bertz CT molecular complexity index is 1550. The SMILES string of the molecule is C[C@H]1CC[C@@H](c2ncc(-c3ccc4c(c3)COc3cc5c(cc3-4)CCc3nc([C@@H]4CC[C@H](C)N4)[nH]c3-5)[nH]2)N1. The third-order valence-corrected chi connectivity index (χ3v) is 9.00. The van der Waals surface area contributed by atoms with Crippen LogP contribution < -0.4 is 15.4 Å². The van der Waals surface area contributed by atoms with Crippen molar-refractivity contribution in [2.24, 2.45) is 0 Å². The number of aromatic amines is 2. The molecule has 5 heterocycles. The lowest BCUT2D eigenvalue weighted by molar-refractivity contribution is 0.302. The first-order valence-electron chi connectivity index (χ1n) is 14.2. The van der Waals surface area contributed by atoms with Crippen LogP contribution >= 0.6 is 0 Å². The molecule has 2 aromatic carbocycles. The van der Waals surface area contributed by atoms with Crippen molar-refractivity contribution in [1.29, 1.82) is 0 Å². The maximum Gasteiger partial charge on any atom is 0.128 e. The second-order valence-electron chi connectivity index (χ2n) is 11.7. The van der Waals surface area contributed by atoms with Gasteiger partial charge in [-0.25, -0.2) is 9.97 Å². The van der Waals surface area contributed by atoms with Gasteiger partial charge < -0.3 is 25.3 Å². The van der Waals surface area contributed by atoms with E-state index in [0.29, 0.717) is 30.8 Å². The molecule has 0 unspecified atom stereocenters. The van der Waals surface area contributed by atoms with E-state index in [-0.39, 0.29) is 0 Å². The number of imidazole rings is 2. The Balaban J connectivity index is 1.10. The summed E-state index contributed by atoms with van der Waals surface area (Å²) in [5.74, 6) is 3.09. The number of hydrogen-bond donors (Lipinski definition) is 4. The number of aromatic nitrogens is 4. The predicted molar refractivity (Wildman–Crippen MR) is 148 cm³/mol. The highest BCUT2D eigenvalue weighted by Gasteiger charge is 2.30. The molecule has 4 N–H and O–H groups in total. The summed E-state index contributed by atoms with van der Waals surface area (Å²) in [6.45, 7) is 5.06. The third-order valence-electron chi connectivity index (χ3n) is 9.00. The van der Waals surface area contributed by atoms with E-state index in [1.54, 1.807) is 0 Å². The van der Waals surface area contributed by atoms with Crippen LogP contribution in [0.3, 0.4) is 0 Å². The molecule has 2 aromatic heterocycles. The predicted octanol–water partition coefficient (Wildman–Crippen LogP) is 5.75. The molecule has 38 heavy (non-hydrogen) atoms. The highest BCUT2D eigenvalue weighted by molar-refractivity contribution is 5.83. The van der Waals surface area contributed by atoms with Crippen molar-refractivity contribution in [2.75, 3.05) is 0 Å². The number of nitrogens with zero attached hydrogens (tertiary/aromatic N) is 2. The molecule has 0 saturated carbocycles. The fourth-order valence-corrected chi connectivity index (χ4v) is 6.89. The Morgan fingerprint density at radius 1 is 0.789 bits per heavy atom. The van der Waals surface area contributed by atoms with Gasteiger partial charge in [-0.3, -0.25) is 0 Å². The average Bonchev–Trinajstić information content (AvgIpc) is 3.73. The van der Waals surface area contributed by atoms with E-state index in [4.69, 9.17) is 14.7 Å². The van der Waals surface area contributed by atoms with Crippen molar-refractivity contribution < 1.29 is 4.74 Å². The summed E-state index contributed by atoms with van der Waals surface area (Å²) in [6.07, 6.45) is 8.62. The lowest BCUT2D eigenvalue weighted by Gasteiger charge is -2.25. The largest absolute Gasteiger partial charge is 0.488 e. The van der Waals surface area contributed by atoms with Crippen LogP contribution in [0.15, 0.2) is 36.5 Å². The van der Waals surface area contributed by atoms with Crippen LogP contribution in [0, 0.1) is 0 Å². The van der Waals surface area contributed by atoms with Gasteiger partial charge in [-0.2, -0.15) is 0 Å². The van der Waals surface area contributed by atoms with Crippen molar-refractivity contribution in [3.8, 4) is 39.4 Å². The molecular weight excluding hydrogens is 472 g/mol. The van der Waals surface area contributed by atoms with Crippen LogP contribution in [0.2, 0.25) is 0 Å². The van der Waals surface area contributed by atoms with E-state index in [1.165, 1.54) is 52.0 Å². The van der Waals surface area contributed by atoms with Crippen molar-refractivity contribution in [3.63, 3.8) is 0 Å². The molecule has 8 rings (SSSR count). The molecule has 0 bridgehead atoms. The van der Waals surface area contributed by atoms with E-state index in [9.17, 15) is 0 Å². The normalized spacial score (nSPS) is 25.4. The standard InChI is InChI=1S/C31H34N6O/c1-16-3-8-25(33-16)30-32-14-27(36-30)19-5-7-21-20(11-19)15-38-28-13-22-18(12-23(21)28)6-10-24-29(22)37-31(35-24)26-9-4-17(2)34-26/h5,7,11-14,16-17,25-26,33-34H,3-4,6,8-10,15H2,1-2H3,(H,32,36)(H,35,37)/t16-,17-,25-,26-/m0/s1. The lowest BCUT2D eigenvalue weighted by Crippen LogP contribution is -2.21. The van der Waals surface area contributed by atoms with Crippen LogP contribution in [0.25, 0.3) is 33.6 Å². The molecule has 3 aliphatic heterocycles. The Morgan fingerprint density at radius 3 is 2.39 bits per heavy atom. The summed E-state index contributed by atoms with van der Waals surface area (Å²) in [6, 6.07) is 13.1. The second-order valence-corrected chi connectivity index (χ2v) is 11.7. The molecule has 4 aromatic rings. The Morgan fingerprint density at radius 2 is 1.61 bits per heavy atom. The number of nitrogens with one attached hydrogen (secondary N) is 4. The van der Waals surface area contributed by atoms with Crippen LogP contribution in [0.1, 0.15) is 80.1 Å². The Hall–Kier alpha value is -3.42. The van der Waals surface area contributed by atoms with Crippen LogP contribution in [0.4, 0.5) is 0 Å². The summed E-state index contributed by atoms with van der Waals surface area (Å²) in [5.41, 5.74) is 10.9. The molecule has 0 amide bonds. The number of benzene rings is 2. The van der Waals surface area contributed by atoms with Crippen LogP contribution in [0.5, 0.6) is 5.75 Å². The van der Waals surface area contributed by atoms with Gasteiger partial charge in [0.15, 0.2) is 0 Å². The number of hydrogen-bond acceptors (Lipinski definition) is 5. The van der Waals surface area contributed by atoms with E-state index >= 15 is 0 Å². The summed E-state index contributed by atoms with van der Waals surface area (Å²) >= 11 is 0. The molecule has 4 aliphatic rings. The molecule has 0 radical (unpaired) electrons. The van der Waals surface area contributed by atoms with Gasteiger partial charge in [0.25, 0.3) is 0 Å². The number of H-pyrrole nitrogens is 2. The van der Waals surface area contributed by atoms with Gasteiger partial charge in [0.2, 0.25) is 0 Å². The zero-order valence-electron chi connectivity index (χ0n) is 22.0. The van der Waals surface area contributed by atoms with E-state index in [0.717, 1.165) is 54.3 Å².